The van der Waals surface area contributed by atoms with Crippen LogP contribution in [0.25, 0.3) is 0 Å². The van der Waals surface area contributed by atoms with E-state index in [0.29, 0.717) is 11.0 Å². The van der Waals surface area contributed by atoms with Gasteiger partial charge in [0.05, 0.1) is 0 Å². The van der Waals surface area contributed by atoms with Gasteiger partial charge in [-0.2, -0.15) is 0 Å². The molecule has 1 N–H and O–H groups in total. The fourth-order valence-corrected chi connectivity index (χ4v) is 3.21. The molecule has 1 aromatic heterocycles. The highest BCUT2D eigenvalue weighted by Gasteiger charge is 2.09. The van der Waals surface area contributed by atoms with Crippen LogP contribution in [-0.4, -0.2) is 25.7 Å². The molecule has 92 valence electrons. The Morgan fingerprint density at radius 2 is 2.25 bits per heavy atom. The number of thiazole rings is 1. The van der Waals surface area contributed by atoms with E-state index in [1.54, 1.807) is 6.20 Å². The second-order valence-electron chi connectivity index (χ2n) is 3.98. The molecule has 0 fully saturated rings. The largest absolute Gasteiger partial charge is 0.309 e. The number of rotatable bonds is 6. The van der Waals surface area contributed by atoms with E-state index in [0.717, 1.165) is 17.8 Å². The van der Waals surface area contributed by atoms with Crippen LogP contribution in [-0.2, 0) is 22.1 Å². The van der Waals surface area contributed by atoms with Gasteiger partial charge in [-0.15, -0.1) is 11.3 Å². The summed E-state index contributed by atoms with van der Waals surface area (Å²) in [4.78, 5) is 5.19. The van der Waals surface area contributed by atoms with Crippen LogP contribution in [0.15, 0.2) is 6.20 Å². The van der Waals surface area contributed by atoms with Crippen LogP contribution in [0.5, 0.6) is 0 Å². The first kappa shape index (κ1) is 13.6. The van der Waals surface area contributed by atoms with Crippen LogP contribution in [0.4, 0.5) is 0 Å². The summed E-state index contributed by atoms with van der Waals surface area (Å²) in [6, 6.07) is 0.473. The average molecular weight is 262 g/mol. The van der Waals surface area contributed by atoms with E-state index in [-0.39, 0.29) is 5.75 Å². The molecule has 0 spiro atoms. The second kappa shape index (κ2) is 5.75. The monoisotopic (exact) mass is 262 g/mol. The molecule has 0 aliphatic carbocycles. The Hall–Kier alpha value is -0.460. The molecule has 16 heavy (non-hydrogen) atoms. The van der Waals surface area contributed by atoms with E-state index in [4.69, 9.17) is 0 Å². The summed E-state index contributed by atoms with van der Waals surface area (Å²) in [6.07, 6.45) is 4.06. The molecule has 1 atom stereocenters. The normalized spacial score (nSPS) is 13.9. The first-order valence-electron chi connectivity index (χ1n) is 5.25. The maximum Gasteiger partial charge on any atom is 0.153 e. The molecule has 6 heteroatoms. The van der Waals surface area contributed by atoms with Gasteiger partial charge in [0, 0.05) is 29.9 Å². The molecule has 0 bridgehead atoms. The smallest absolute Gasteiger partial charge is 0.153 e. The summed E-state index contributed by atoms with van der Waals surface area (Å²) in [7, 11) is -2.97. The highest BCUT2D eigenvalue weighted by atomic mass is 32.2. The predicted molar refractivity (Wildman–Crippen MR) is 67.3 cm³/mol. The first-order chi connectivity index (χ1) is 7.40. The van der Waals surface area contributed by atoms with E-state index in [1.807, 2.05) is 0 Å². The van der Waals surface area contributed by atoms with Crippen molar-refractivity contribution in [1.29, 1.82) is 0 Å². The zero-order valence-corrected chi connectivity index (χ0v) is 11.5. The lowest BCUT2D eigenvalue weighted by molar-refractivity contribution is 0.537. The van der Waals surface area contributed by atoms with E-state index < -0.39 is 9.84 Å². The molecule has 0 amide bonds. The zero-order valence-electron chi connectivity index (χ0n) is 9.86. The van der Waals surface area contributed by atoms with Crippen LogP contribution < -0.4 is 5.32 Å². The van der Waals surface area contributed by atoms with Gasteiger partial charge in [-0.1, -0.05) is 6.92 Å². The molecule has 0 aliphatic rings. The zero-order chi connectivity index (χ0) is 12.2. The lowest BCUT2D eigenvalue weighted by Crippen LogP contribution is -2.23. The lowest BCUT2D eigenvalue weighted by atomic mass is 10.2. The van der Waals surface area contributed by atoms with E-state index >= 15 is 0 Å². The number of hydrogen-bond donors (Lipinski definition) is 1. The highest BCUT2D eigenvalue weighted by Crippen LogP contribution is 2.15. The molecule has 0 saturated carbocycles. The average Bonchev–Trinajstić information content (AvgIpc) is 2.59. The van der Waals surface area contributed by atoms with Crippen molar-refractivity contribution in [1.82, 2.24) is 10.3 Å². The van der Waals surface area contributed by atoms with E-state index in [2.05, 4.69) is 24.1 Å². The van der Waals surface area contributed by atoms with Crippen LogP contribution >= 0.6 is 11.3 Å². The van der Waals surface area contributed by atoms with Gasteiger partial charge in [-0.25, -0.2) is 13.4 Å². The summed E-state index contributed by atoms with van der Waals surface area (Å²) < 4.78 is 22.1. The Morgan fingerprint density at radius 3 is 2.81 bits per heavy atom. The van der Waals surface area contributed by atoms with Gasteiger partial charge >= 0.3 is 0 Å². The third-order valence-electron chi connectivity index (χ3n) is 2.22. The van der Waals surface area contributed by atoms with Crippen molar-refractivity contribution in [2.24, 2.45) is 0 Å². The van der Waals surface area contributed by atoms with Crippen molar-refractivity contribution < 1.29 is 8.42 Å². The molecule has 0 aliphatic heterocycles. The van der Waals surface area contributed by atoms with Gasteiger partial charge < -0.3 is 5.32 Å². The predicted octanol–water partition coefficient (Wildman–Crippen LogP) is 1.58. The number of sulfone groups is 1. The fourth-order valence-electron chi connectivity index (χ4n) is 1.14. The molecule has 1 aromatic rings. The number of hydrogen-bond acceptors (Lipinski definition) is 5. The number of nitrogens with zero attached hydrogens (tertiary/aromatic N) is 1. The standard InChI is InChI=1S/C10H18N2O2S2/c1-4-8(2)11-5-9-6-12-10(15-9)7-16(3,13)14/h6,8,11H,4-5,7H2,1-3H3. The SMILES string of the molecule is CCC(C)NCc1cnc(CS(C)(=O)=O)s1. The molecule has 0 aromatic carbocycles. The minimum atomic E-state index is -2.97. The second-order valence-corrected chi connectivity index (χ2v) is 7.32. The van der Waals surface area contributed by atoms with Crippen molar-refractivity contribution >= 4 is 21.2 Å². The Bertz CT molecular complexity index is 426. The van der Waals surface area contributed by atoms with Crippen molar-refractivity contribution in [3.8, 4) is 0 Å². The van der Waals surface area contributed by atoms with Crippen LogP contribution in [0.2, 0.25) is 0 Å². The summed E-state index contributed by atoms with van der Waals surface area (Å²) >= 11 is 1.46. The summed E-state index contributed by atoms with van der Waals surface area (Å²) in [5.74, 6) is 0.0427. The topological polar surface area (TPSA) is 59.1 Å². The quantitative estimate of drug-likeness (QED) is 0.845. The maximum atomic E-state index is 11.1. The molecule has 1 heterocycles. The maximum absolute atomic E-state index is 11.1. The molecular formula is C10H18N2O2S2. The molecule has 0 saturated heterocycles. The molecule has 0 radical (unpaired) electrons. The number of nitrogens with one attached hydrogen (secondary N) is 1. The van der Waals surface area contributed by atoms with E-state index in [1.165, 1.54) is 17.6 Å². The van der Waals surface area contributed by atoms with Crippen molar-refractivity contribution in [3.05, 3.63) is 16.1 Å². The van der Waals surface area contributed by atoms with Crippen molar-refractivity contribution in [2.45, 2.75) is 38.6 Å². The summed E-state index contributed by atoms with van der Waals surface area (Å²) in [5.41, 5.74) is 0. The third kappa shape index (κ3) is 5.05. The Balaban J connectivity index is 2.52. The minimum Gasteiger partial charge on any atom is -0.309 e. The Morgan fingerprint density at radius 1 is 1.56 bits per heavy atom. The molecule has 4 nitrogen and oxygen atoms in total. The van der Waals surface area contributed by atoms with E-state index in [9.17, 15) is 8.42 Å². The summed E-state index contributed by atoms with van der Waals surface area (Å²) in [5, 5.41) is 4.02. The fraction of sp³-hybridized carbons (Fsp3) is 0.700. The molecule has 1 unspecified atom stereocenters. The lowest BCUT2D eigenvalue weighted by Gasteiger charge is -2.08. The number of aromatic nitrogens is 1. The van der Waals surface area contributed by atoms with Crippen molar-refractivity contribution in [2.75, 3.05) is 6.26 Å². The van der Waals surface area contributed by atoms with Gasteiger partial charge in [0.15, 0.2) is 9.84 Å². The van der Waals surface area contributed by atoms with Crippen LogP contribution in [0.1, 0.15) is 30.2 Å². The van der Waals surface area contributed by atoms with Crippen LogP contribution in [0, 0.1) is 0 Å². The van der Waals surface area contributed by atoms with Gasteiger partial charge in [-0.05, 0) is 13.3 Å². The molecule has 1 rings (SSSR count). The first-order valence-corrected chi connectivity index (χ1v) is 8.13. The minimum absolute atomic E-state index is 0.0427. The summed E-state index contributed by atoms with van der Waals surface area (Å²) in [6.45, 7) is 5.01. The third-order valence-corrected chi connectivity index (χ3v) is 4.20. The van der Waals surface area contributed by atoms with Crippen LogP contribution in [0.3, 0.4) is 0 Å². The van der Waals surface area contributed by atoms with Gasteiger partial charge in [0.25, 0.3) is 0 Å². The highest BCUT2D eigenvalue weighted by molar-refractivity contribution is 7.90. The Kier molecular flexibility index (Phi) is 4.89. The van der Waals surface area contributed by atoms with Gasteiger partial charge in [-0.3, -0.25) is 0 Å². The molecular weight excluding hydrogens is 244 g/mol. The van der Waals surface area contributed by atoms with Gasteiger partial charge in [0.2, 0.25) is 0 Å². The Labute approximate surface area is 101 Å². The van der Waals surface area contributed by atoms with Gasteiger partial charge in [0.1, 0.15) is 10.8 Å². The van der Waals surface area contributed by atoms with Crippen molar-refractivity contribution in [3.63, 3.8) is 0 Å².